The molecule has 2 aromatic rings. The van der Waals surface area contributed by atoms with Crippen LogP contribution in [0, 0.1) is 5.92 Å². The van der Waals surface area contributed by atoms with Crippen molar-refractivity contribution in [1.29, 1.82) is 0 Å². The van der Waals surface area contributed by atoms with E-state index >= 15 is 0 Å². The Morgan fingerprint density at radius 1 is 1.03 bits per heavy atom. The van der Waals surface area contributed by atoms with Crippen molar-refractivity contribution in [2.45, 2.75) is 37.1 Å². The summed E-state index contributed by atoms with van der Waals surface area (Å²) in [6.07, 6.45) is 1.78. The SMILES string of the molecule is C[C@H](c1ccccc1)N(C)C(=O)C1CCN(S(=O)(=O)c2ccc3c(c2)OCCCO3)CC1. The minimum Gasteiger partial charge on any atom is -0.490 e. The van der Waals surface area contributed by atoms with E-state index in [0.717, 1.165) is 12.0 Å². The standard InChI is InChI=1S/C24H30N2O5S/c1-18(19-7-4-3-5-8-19)25(2)24(27)20-11-13-26(14-12-20)32(28,29)21-9-10-22-23(17-21)31-16-6-15-30-22/h3-5,7-10,17-18,20H,6,11-16H2,1-2H3/t18-/m1/s1. The first-order chi connectivity index (χ1) is 15.4. The molecule has 172 valence electrons. The van der Waals surface area contributed by atoms with Crippen LogP contribution >= 0.6 is 0 Å². The third-order valence-electron chi connectivity index (χ3n) is 6.37. The van der Waals surface area contributed by atoms with E-state index in [1.807, 2.05) is 44.3 Å². The monoisotopic (exact) mass is 458 g/mol. The molecular formula is C24H30N2O5S. The van der Waals surface area contributed by atoms with Crippen molar-refractivity contribution < 1.29 is 22.7 Å². The van der Waals surface area contributed by atoms with E-state index in [9.17, 15) is 13.2 Å². The van der Waals surface area contributed by atoms with Crippen LogP contribution in [0.4, 0.5) is 0 Å². The number of carbonyl (C=O) groups is 1. The molecule has 7 nitrogen and oxygen atoms in total. The van der Waals surface area contributed by atoms with Crippen LogP contribution in [0.5, 0.6) is 11.5 Å². The number of hydrogen-bond acceptors (Lipinski definition) is 5. The fraction of sp³-hybridized carbons (Fsp3) is 0.458. The van der Waals surface area contributed by atoms with Crippen LogP contribution in [0.15, 0.2) is 53.4 Å². The quantitative estimate of drug-likeness (QED) is 0.686. The second kappa shape index (κ2) is 9.50. The smallest absolute Gasteiger partial charge is 0.243 e. The van der Waals surface area contributed by atoms with Gasteiger partial charge in [0.25, 0.3) is 0 Å². The van der Waals surface area contributed by atoms with Gasteiger partial charge in [0.1, 0.15) is 0 Å². The van der Waals surface area contributed by atoms with Crippen LogP contribution in [0.25, 0.3) is 0 Å². The highest BCUT2D eigenvalue weighted by Gasteiger charge is 2.34. The van der Waals surface area contributed by atoms with E-state index in [1.54, 1.807) is 23.1 Å². The Kier molecular flexibility index (Phi) is 6.71. The van der Waals surface area contributed by atoms with Gasteiger partial charge in [-0.3, -0.25) is 4.79 Å². The van der Waals surface area contributed by atoms with Gasteiger partial charge in [0, 0.05) is 38.5 Å². The normalized spacial score (nSPS) is 18.6. The second-order valence-corrected chi connectivity index (χ2v) is 10.3. The highest BCUT2D eigenvalue weighted by atomic mass is 32.2. The Balaban J connectivity index is 1.40. The number of fused-ring (bicyclic) bond motifs is 1. The average molecular weight is 459 g/mol. The largest absolute Gasteiger partial charge is 0.490 e. The molecule has 0 aromatic heterocycles. The first-order valence-electron chi connectivity index (χ1n) is 11.1. The number of piperidine rings is 1. The summed E-state index contributed by atoms with van der Waals surface area (Å²) in [6, 6.07) is 14.6. The summed E-state index contributed by atoms with van der Waals surface area (Å²) < 4.78 is 39.1. The minimum absolute atomic E-state index is 0.0349. The Hall–Kier alpha value is -2.58. The number of sulfonamides is 1. The molecule has 0 N–H and O–H groups in total. The lowest BCUT2D eigenvalue weighted by atomic mass is 9.95. The molecule has 0 unspecified atom stereocenters. The lowest BCUT2D eigenvalue weighted by Crippen LogP contribution is -2.43. The zero-order valence-electron chi connectivity index (χ0n) is 18.6. The van der Waals surface area contributed by atoms with Crippen LogP contribution in [-0.4, -0.2) is 56.9 Å². The maximum absolute atomic E-state index is 13.2. The van der Waals surface area contributed by atoms with Gasteiger partial charge in [-0.1, -0.05) is 30.3 Å². The van der Waals surface area contributed by atoms with E-state index < -0.39 is 10.0 Å². The Morgan fingerprint density at radius 2 is 1.69 bits per heavy atom. The number of ether oxygens (including phenoxy) is 2. The number of benzene rings is 2. The summed E-state index contributed by atoms with van der Waals surface area (Å²) in [5.41, 5.74) is 1.08. The summed E-state index contributed by atoms with van der Waals surface area (Å²) >= 11 is 0. The van der Waals surface area contributed by atoms with Crippen LogP contribution in [0.1, 0.15) is 37.8 Å². The molecule has 2 aliphatic heterocycles. The Morgan fingerprint density at radius 3 is 2.38 bits per heavy atom. The Labute approximate surface area is 190 Å². The predicted molar refractivity (Wildman–Crippen MR) is 121 cm³/mol. The fourth-order valence-corrected chi connectivity index (χ4v) is 5.72. The van der Waals surface area contributed by atoms with Gasteiger partial charge in [0.15, 0.2) is 11.5 Å². The Bertz CT molecular complexity index is 1050. The molecule has 1 saturated heterocycles. The molecule has 2 heterocycles. The number of hydrogen-bond donors (Lipinski definition) is 0. The molecule has 2 aromatic carbocycles. The zero-order chi connectivity index (χ0) is 22.7. The van der Waals surface area contributed by atoms with Gasteiger partial charge < -0.3 is 14.4 Å². The van der Waals surface area contributed by atoms with Crippen LogP contribution in [-0.2, 0) is 14.8 Å². The molecule has 0 spiro atoms. The maximum Gasteiger partial charge on any atom is 0.243 e. The zero-order valence-corrected chi connectivity index (χ0v) is 19.4. The minimum atomic E-state index is -3.66. The molecule has 0 bridgehead atoms. The van der Waals surface area contributed by atoms with Gasteiger partial charge in [-0.15, -0.1) is 0 Å². The number of nitrogens with zero attached hydrogens (tertiary/aromatic N) is 2. The average Bonchev–Trinajstić information content (AvgIpc) is 3.08. The van der Waals surface area contributed by atoms with E-state index in [2.05, 4.69) is 0 Å². The summed E-state index contributed by atoms with van der Waals surface area (Å²) in [7, 11) is -1.84. The third-order valence-corrected chi connectivity index (χ3v) is 8.27. The highest BCUT2D eigenvalue weighted by Crippen LogP contribution is 2.34. The van der Waals surface area contributed by atoms with Crippen molar-refractivity contribution in [2.75, 3.05) is 33.4 Å². The highest BCUT2D eigenvalue weighted by molar-refractivity contribution is 7.89. The number of carbonyl (C=O) groups excluding carboxylic acids is 1. The van der Waals surface area contributed by atoms with Crippen molar-refractivity contribution in [3.63, 3.8) is 0 Å². The van der Waals surface area contributed by atoms with E-state index in [1.165, 1.54) is 4.31 Å². The molecule has 0 aliphatic carbocycles. The van der Waals surface area contributed by atoms with Gasteiger partial charge in [0.2, 0.25) is 15.9 Å². The summed E-state index contributed by atoms with van der Waals surface area (Å²) in [6.45, 7) is 3.70. The fourth-order valence-electron chi connectivity index (χ4n) is 4.23. The summed E-state index contributed by atoms with van der Waals surface area (Å²) in [4.78, 5) is 15.0. The first kappa shape index (κ1) is 22.6. The number of rotatable bonds is 5. The molecule has 4 rings (SSSR count). The molecule has 0 radical (unpaired) electrons. The second-order valence-electron chi connectivity index (χ2n) is 8.37. The predicted octanol–water partition coefficient (Wildman–Crippen LogP) is 3.47. The molecule has 1 amide bonds. The third kappa shape index (κ3) is 4.61. The van der Waals surface area contributed by atoms with Crippen LogP contribution in [0.2, 0.25) is 0 Å². The lowest BCUT2D eigenvalue weighted by Gasteiger charge is -2.34. The van der Waals surface area contributed by atoms with E-state index in [-0.39, 0.29) is 22.8 Å². The lowest BCUT2D eigenvalue weighted by molar-refractivity contribution is -0.137. The first-order valence-corrected chi connectivity index (χ1v) is 12.5. The molecule has 1 fully saturated rings. The van der Waals surface area contributed by atoms with Crippen molar-refractivity contribution in [2.24, 2.45) is 5.92 Å². The van der Waals surface area contributed by atoms with Gasteiger partial charge in [0.05, 0.1) is 24.2 Å². The summed E-state index contributed by atoms with van der Waals surface area (Å²) in [5.74, 6) is 0.918. The van der Waals surface area contributed by atoms with Gasteiger partial charge >= 0.3 is 0 Å². The van der Waals surface area contributed by atoms with Crippen LogP contribution in [0.3, 0.4) is 0 Å². The van der Waals surface area contributed by atoms with Crippen molar-refractivity contribution in [1.82, 2.24) is 9.21 Å². The van der Waals surface area contributed by atoms with Gasteiger partial charge in [-0.25, -0.2) is 8.42 Å². The van der Waals surface area contributed by atoms with Crippen molar-refractivity contribution in [3.8, 4) is 11.5 Å². The summed E-state index contributed by atoms with van der Waals surface area (Å²) in [5, 5.41) is 0. The van der Waals surface area contributed by atoms with E-state index in [4.69, 9.17) is 9.47 Å². The number of amides is 1. The van der Waals surface area contributed by atoms with Crippen molar-refractivity contribution in [3.05, 3.63) is 54.1 Å². The van der Waals surface area contributed by atoms with E-state index in [0.29, 0.717) is 50.6 Å². The maximum atomic E-state index is 13.2. The molecule has 0 saturated carbocycles. The molecular weight excluding hydrogens is 428 g/mol. The molecule has 1 atom stereocenters. The van der Waals surface area contributed by atoms with Gasteiger partial charge in [-0.2, -0.15) is 4.31 Å². The molecule has 8 heteroatoms. The molecule has 2 aliphatic rings. The van der Waals surface area contributed by atoms with Crippen LogP contribution < -0.4 is 9.47 Å². The molecule has 32 heavy (non-hydrogen) atoms. The van der Waals surface area contributed by atoms with Gasteiger partial charge in [-0.05, 0) is 37.5 Å². The topological polar surface area (TPSA) is 76.2 Å². The van der Waals surface area contributed by atoms with Crippen molar-refractivity contribution >= 4 is 15.9 Å².